The van der Waals surface area contributed by atoms with Crippen molar-refractivity contribution in [1.29, 1.82) is 0 Å². The Morgan fingerprint density at radius 2 is 1.81 bits per heavy atom. The van der Waals surface area contributed by atoms with Crippen LogP contribution in [0.15, 0.2) is 29.2 Å². The molecule has 1 aliphatic heterocycles. The van der Waals surface area contributed by atoms with Crippen molar-refractivity contribution < 1.29 is 13.2 Å². The fourth-order valence-corrected chi connectivity index (χ4v) is 3.29. The zero-order chi connectivity index (χ0) is 15.3. The van der Waals surface area contributed by atoms with Crippen molar-refractivity contribution in [2.45, 2.75) is 30.5 Å². The van der Waals surface area contributed by atoms with Gasteiger partial charge in [0, 0.05) is 37.1 Å². The van der Waals surface area contributed by atoms with Gasteiger partial charge in [-0.25, -0.2) is 0 Å². The summed E-state index contributed by atoms with van der Waals surface area (Å²) in [5.74, 6) is 0.961. The van der Waals surface area contributed by atoms with Crippen LogP contribution in [0.3, 0.4) is 0 Å². The lowest BCUT2D eigenvalue weighted by Gasteiger charge is -2.35. The van der Waals surface area contributed by atoms with E-state index in [-0.39, 0.29) is 0 Å². The van der Waals surface area contributed by atoms with Crippen LogP contribution in [-0.4, -0.2) is 43.0 Å². The first-order chi connectivity index (χ1) is 9.99. The summed E-state index contributed by atoms with van der Waals surface area (Å²) in [4.78, 5) is 3.04. The molecule has 0 amide bonds. The van der Waals surface area contributed by atoms with Crippen LogP contribution in [0.1, 0.15) is 24.9 Å². The molecule has 1 heterocycles. The maximum atomic E-state index is 12.9. The van der Waals surface area contributed by atoms with Gasteiger partial charge in [0.25, 0.3) is 0 Å². The van der Waals surface area contributed by atoms with E-state index in [0.717, 1.165) is 29.3 Å². The number of rotatable bonds is 5. The van der Waals surface area contributed by atoms with Crippen molar-refractivity contribution in [3.63, 3.8) is 0 Å². The van der Waals surface area contributed by atoms with E-state index >= 15 is 0 Å². The Kier molecular flexibility index (Phi) is 5.96. The number of halogens is 3. The Bertz CT molecular complexity index is 428. The van der Waals surface area contributed by atoms with Crippen LogP contribution in [0, 0.1) is 0 Å². The predicted molar refractivity (Wildman–Crippen MR) is 80.7 cm³/mol. The normalized spacial score (nSPS) is 18.7. The second-order valence-electron chi connectivity index (χ2n) is 5.12. The number of thioether (sulfide) groups is 1. The van der Waals surface area contributed by atoms with Gasteiger partial charge in [-0.05, 0) is 23.4 Å². The molecule has 1 N–H and O–H groups in total. The third-order valence-corrected chi connectivity index (χ3v) is 4.49. The topological polar surface area (TPSA) is 15.3 Å². The van der Waals surface area contributed by atoms with Gasteiger partial charge in [-0.15, -0.1) is 11.8 Å². The van der Waals surface area contributed by atoms with Gasteiger partial charge >= 0.3 is 6.18 Å². The second kappa shape index (κ2) is 7.51. The number of nitrogens with one attached hydrogen (secondary N) is 1. The van der Waals surface area contributed by atoms with Crippen LogP contribution >= 0.6 is 11.8 Å². The molecule has 0 spiro atoms. The summed E-state index contributed by atoms with van der Waals surface area (Å²) in [5.41, 5.74) is 0.759. The van der Waals surface area contributed by atoms with Gasteiger partial charge in [0.15, 0.2) is 0 Å². The highest BCUT2D eigenvalue weighted by Gasteiger charge is 2.35. The molecule has 118 valence electrons. The van der Waals surface area contributed by atoms with Crippen molar-refractivity contribution in [3.05, 3.63) is 29.8 Å². The first-order valence-electron chi connectivity index (χ1n) is 7.24. The van der Waals surface area contributed by atoms with Crippen LogP contribution in [-0.2, 0) is 0 Å². The number of alkyl halides is 3. The quantitative estimate of drug-likeness (QED) is 0.834. The molecular weight excluding hydrogens is 297 g/mol. The molecule has 1 saturated heterocycles. The van der Waals surface area contributed by atoms with E-state index in [9.17, 15) is 13.2 Å². The third kappa shape index (κ3) is 5.20. The molecular formula is C15H21F3N2S. The summed E-state index contributed by atoms with van der Waals surface area (Å²) in [5, 5.41) is 3.18. The summed E-state index contributed by atoms with van der Waals surface area (Å²) >= 11 is 1.70. The lowest BCUT2D eigenvalue weighted by molar-refractivity contribution is -0.148. The standard InChI is InChI=1S/C15H21F3N2S/c1-2-21-13-5-3-12(4-6-13)14(11-15(16,17)18)20-9-7-19-8-10-20/h3-6,14,19H,2,7-11H2,1H3/t14-/m0/s1. The van der Waals surface area contributed by atoms with E-state index in [1.807, 2.05) is 29.2 Å². The van der Waals surface area contributed by atoms with Crippen molar-refractivity contribution >= 4 is 11.8 Å². The molecule has 1 aromatic rings. The first kappa shape index (κ1) is 16.6. The second-order valence-corrected chi connectivity index (χ2v) is 6.46. The predicted octanol–water partition coefficient (Wildman–Crippen LogP) is 3.70. The van der Waals surface area contributed by atoms with Gasteiger partial charge in [-0.3, -0.25) is 4.90 Å². The first-order valence-corrected chi connectivity index (χ1v) is 8.22. The molecule has 21 heavy (non-hydrogen) atoms. The molecule has 1 aromatic carbocycles. The smallest absolute Gasteiger partial charge is 0.314 e. The van der Waals surface area contributed by atoms with Crippen molar-refractivity contribution in [1.82, 2.24) is 10.2 Å². The summed E-state index contributed by atoms with van der Waals surface area (Å²) in [6.07, 6.45) is -4.93. The molecule has 6 heteroatoms. The minimum Gasteiger partial charge on any atom is -0.314 e. The molecule has 0 unspecified atom stereocenters. The lowest BCUT2D eigenvalue weighted by atomic mass is 10.0. The van der Waals surface area contributed by atoms with Crippen LogP contribution in [0.5, 0.6) is 0 Å². The Balaban J connectivity index is 2.16. The van der Waals surface area contributed by atoms with E-state index in [0.29, 0.717) is 13.1 Å². The number of nitrogens with zero attached hydrogens (tertiary/aromatic N) is 1. The number of hydrogen-bond donors (Lipinski definition) is 1. The van der Waals surface area contributed by atoms with Crippen LogP contribution in [0.25, 0.3) is 0 Å². The van der Waals surface area contributed by atoms with Crippen molar-refractivity contribution in [2.75, 3.05) is 31.9 Å². The molecule has 2 rings (SSSR count). The van der Waals surface area contributed by atoms with Gasteiger partial charge < -0.3 is 5.32 Å². The zero-order valence-corrected chi connectivity index (χ0v) is 12.9. The summed E-state index contributed by atoms with van der Waals surface area (Å²) in [6, 6.07) is 6.96. The van der Waals surface area contributed by atoms with E-state index in [2.05, 4.69) is 12.2 Å². The minimum atomic E-state index is -4.15. The average Bonchev–Trinajstić information content (AvgIpc) is 2.46. The third-order valence-electron chi connectivity index (χ3n) is 3.59. The maximum Gasteiger partial charge on any atom is 0.390 e. The Labute approximate surface area is 128 Å². The molecule has 2 nitrogen and oxygen atoms in total. The van der Waals surface area contributed by atoms with Gasteiger partial charge in [0.1, 0.15) is 0 Å². The van der Waals surface area contributed by atoms with Crippen molar-refractivity contribution in [3.8, 4) is 0 Å². The summed E-state index contributed by atoms with van der Waals surface area (Å²) in [6.45, 7) is 4.88. The highest BCUT2D eigenvalue weighted by atomic mass is 32.2. The SMILES string of the molecule is CCSc1ccc([C@H](CC(F)(F)F)N2CCNCC2)cc1. The number of benzene rings is 1. The minimum absolute atomic E-state index is 0.576. The van der Waals surface area contributed by atoms with Crippen LogP contribution in [0.4, 0.5) is 13.2 Å². The number of hydrogen-bond acceptors (Lipinski definition) is 3. The van der Waals surface area contributed by atoms with Gasteiger partial charge in [-0.2, -0.15) is 13.2 Å². The highest BCUT2D eigenvalue weighted by molar-refractivity contribution is 7.99. The van der Waals surface area contributed by atoms with Gasteiger partial charge in [-0.1, -0.05) is 19.1 Å². The molecule has 0 aliphatic carbocycles. The van der Waals surface area contributed by atoms with E-state index in [1.165, 1.54) is 0 Å². The van der Waals surface area contributed by atoms with Crippen LogP contribution < -0.4 is 5.32 Å². The van der Waals surface area contributed by atoms with Gasteiger partial charge in [0.2, 0.25) is 0 Å². The fourth-order valence-electron chi connectivity index (χ4n) is 2.62. The van der Waals surface area contributed by atoms with E-state index in [4.69, 9.17) is 0 Å². The van der Waals surface area contributed by atoms with Gasteiger partial charge in [0.05, 0.1) is 6.42 Å². The fraction of sp³-hybridized carbons (Fsp3) is 0.600. The maximum absolute atomic E-state index is 12.9. The summed E-state index contributed by atoms with van der Waals surface area (Å²) in [7, 11) is 0. The number of piperazine rings is 1. The van der Waals surface area contributed by atoms with Crippen LogP contribution in [0.2, 0.25) is 0 Å². The monoisotopic (exact) mass is 318 g/mol. The Morgan fingerprint density at radius 1 is 1.19 bits per heavy atom. The molecule has 1 aliphatic rings. The van der Waals surface area contributed by atoms with E-state index in [1.54, 1.807) is 11.8 Å². The Morgan fingerprint density at radius 3 is 2.33 bits per heavy atom. The van der Waals surface area contributed by atoms with Crippen molar-refractivity contribution in [2.24, 2.45) is 0 Å². The molecule has 0 saturated carbocycles. The average molecular weight is 318 g/mol. The molecule has 0 bridgehead atoms. The molecule has 1 atom stereocenters. The molecule has 0 aromatic heterocycles. The lowest BCUT2D eigenvalue weighted by Crippen LogP contribution is -2.46. The Hall–Kier alpha value is -0.720. The largest absolute Gasteiger partial charge is 0.390 e. The molecule has 0 radical (unpaired) electrons. The summed E-state index contributed by atoms with van der Waals surface area (Å²) < 4.78 is 38.7. The highest BCUT2D eigenvalue weighted by Crippen LogP contribution is 2.34. The zero-order valence-electron chi connectivity index (χ0n) is 12.1. The van der Waals surface area contributed by atoms with E-state index < -0.39 is 18.6 Å². The molecule has 1 fully saturated rings.